The zero-order valence-electron chi connectivity index (χ0n) is 11.1. The average molecular weight is 264 g/mol. The molecule has 0 atom stereocenters. The molecule has 0 spiro atoms. The molecule has 0 fully saturated rings. The predicted octanol–water partition coefficient (Wildman–Crippen LogP) is 2.43. The quantitative estimate of drug-likeness (QED) is 0.623. The fourth-order valence-corrected chi connectivity index (χ4v) is 2.04. The molecule has 2 rings (SSSR count). The summed E-state index contributed by atoms with van der Waals surface area (Å²) in [6, 6.07) is 1.59. The lowest BCUT2D eigenvalue weighted by Gasteiger charge is -2.18. The predicted molar refractivity (Wildman–Crippen MR) is 67.4 cm³/mol. The number of rotatable bonds is 1. The number of benzene rings is 1. The van der Waals surface area contributed by atoms with E-state index in [4.69, 9.17) is 9.47 Å². The van der Waals surface area contributed by atoms with Crippen molar-refractivity contribution < 1.29 is 24.2 Å². The van der Waals surface area contributed by atoms with Gasteiger partial charge in [0.1, 0.15) is 5.75 Å². The van der Waals surface area contributed by atoms with Gasteiger partial charge in [0.25, 0.3) is 0 Å². The van der Waals surface area contributed by atoms with Crippen LogP contribution in [0.3, 0.4) is 0 Å². The SMILES string of the molecule is Cc1cc2c(C(C)C)c(c1O)OC(=O)CCC(=O)O2. The van der Waals surface area contributed by atoms with Gasteiger partial charge in [0, 0.05) is 5.56 Å². The minimum atomic E-state index is -0.549. The van der Waals surface area contributed by atoms with Gasteiger partial charge in [-0.3, -0.25) is 9.59 Å². The Hall–Kier alpha value is -2.04. The van der Waals surface area contributed by atoms with Crippen LogP contribution >= 0.6 is 0 Å². The molecule has 1 N–H and O–H groups in total. The number of aromatic hydroxyl groups is 1. The van der Waals surface area contributed by atoms with Gasteiger partial charge in [-0.05, 0) is 24.5 Å². The fraction of sp³-hybridized carbons (Fsp3) is 0.429. The molecule has 1 heterocycles. The highest BCUT2D eigenvalue weighted by Gasteiger charge is 2.26. The van der Waals surface area contributed by atoms with E-state index in [1.165, 1.54) is 0 Å². The summed E-state index contributed by atoms with van der Waals surface area (Å²) in [6.45, 7) is 5.40. The number of phenolic OH excluding ortho intramolecular Hbond substituents is 1. The molecule has 19 heavy (non-hydrogen) atoms. The maximum atomic E-state index is 11.6. The Labute approximate surface area is 111 Å². The van der Waals surface area contributed by atoms with Crippen molar-refractivity contribution in [1.82, 2.24) is 0 Å². The third-order valence-corrected chi connectivity index (χ3v) is 3.00. The summed E-state index contributed by atoms with van der Waals surface area (Å²) in [4.78, 5) is 23.3. The molecule has 0 radical (unpaired) electrons. The Balaban J connectivity index is 2.69. The van der Waals surface area contributed by atoms with Crippen LogP contribution in [0.25, 0.3) is 0 Å². The van der Waals surface area contributed by atoms with Gasteiger partial charge in [0.05, 0.1) is 12.8 Å². The summed E-state index contributed by atoms with van der Waals surface area (Å²) < 4.78 is 10.5. The van der Waals surface area contributed by atoms with Crippen LogP contribution in [0.1, 0.15) is 43.7 Å². The summed E-state index contributed by atoms with van der Waals surface area (Å²) in [7, 11) is 0. The molecule has 0 aliphatic carbocycles. The lowest BCUT2D eigenvalue weighted by atomic mass is 9.98. The molecule has 1 aliphatic heterocycles. The largest absolute Gasteiger partial charge is 0.504 e. The molecule has 0 unspecified atom stereocenters. The summed E-state index contributed by atoms with van der Waals surface area (Å²) in [5.74, 6) is -0.719. The number of aryl methyl sites for hydroxylation is 1. The first-order valence-electron chi connectivity index (χ1n) is 6.18. The maximum absolute atomic E-state index is 11.6. The second-order valence-electron chi connectivity index (χ2n) is 4.89. The van der Waals surface area contributed by atoms with Gasteiger partial charge < -0.3 is 14.6 Å². The number of esters is 2. The van der Waals surface area contributed by atoms with Gasteiger partial charge in [0.15, 0.2) is 11.5 Å². The Kier molecular flexibility index (Phi) is 3.46. The van der Waals surface area contributed by atoms with E-state index in [1.807, 2.05) is 13.8 Å². The molecule has 0 aromatic heterocycles. The maximum Gasteiger partial charge on any atom is 0.311 e. The number of carbonyl (C=O) groups is 2. The Bertz CT molecular complexity index is 545. The van der Waals surface area contributed by atoms with Crippen molar-refractivity contribution in [2.75, 3.05) is 0 Å². The van der Waals surface area contributed by atoms with Crippen molar-refractivity contribution in [3.63, 3.8) is 0 Å². The first-order valence-corrected chi connectivity index (χ1v) is 6.18. The Morgan fingerprint density at radius 2 is 1.74 bits per heavy atom. The van der Waals surface area contributed by atoms with E-state index in [2.05, 4.69) is 0 Å². The van der Waals surface area contributed by atoms with Crippen LogP contribution in [-0.4, -0.2) is 17.0 Å². The third kappa shape index (κ3) is 2.54. The highest BCUT2D eigenvalue weighted by Crippen LogP contribution is 2.44. The van der Waals surface area contributed by atoms with Crippen LogP contribution in [-0.2, 0) is 9.59 Å². The van der Waals surface area contributed by atoms with Crippen molar-refractivity contribution in [1.29, 1.82) is 0 Å². The second-order valence-corrected chi connectivity index (χ2v) is 4.89. The highest BCUT2D eigenvalue weighted by atomic mass is 16.6. The first kappa shape index (κ1) is 13.4. The first-order chi connectivity index (χ1) is 8.90. The number of phenols is 1. The van der Waals surface area contributed by atoms with Crippen LogP contribution in [0.2, 0.25) is 0 Å². The monoisotopic (exact) mass is 264 g/mol. The molecule has 5 nitrogen and oxygen atoms in total. The molecule has 0 amide bonds. The van der Waals surface area contributed by atoms with Crippen molar-refractivity contribution in [2.24, 2.45) is 0 Å². The zero-order valence-corrected chi connectivity index (χ0v) is 11.1. The molecule has 0 saturated carbocycles. The Morgan fingerprint density at radius 1 is 1.16 bits per heavy atom. The second kappa shape index (κ2) is 4.91. The standard InChI is InChI=1S/C14H16O5/c1-7(2)12-9-6-8(3)13(17)14(12)19-11(16)5-4-10(15)18-9/h6-7,17H,4-5H2,1-3H3. The Morgan fingerprint density at radius 3 is 2.32 bits per heavy atom. The number of hydrogen-bond donors (Lipinski definition) is 1. The zero-order chi connectivity index (χ0) is 14.2. The topological polar surface area (TPSA) is 72.8 Å². The van der Waals surface area contributed by atoms with E-state index < -0.39 is 11.9 Å². The fourth-order valence-electron chi connectivity index (χ4n) is 2.04. The van der Waals surface area contributed by atoms with Crippen molar-refractivity contribution in [3.8, 4) is 17.2 Å². The molecule has 5 heteroatoms. The highest BCUT2D eigenvalue weighted by molar-refractivity contribution is 5.83. The lowest BCUT2D eigenvalue weighted by Crippen LogP contribution is -2.11. The molecular formula is C14H16O5. The summed E-state index contributed by atoms with van der Waals surface area (Å²) in [5.41, 5.74) is 1.03. The smallest absolute Gasteiger partial charge is 0.311 e. The lowest BCUT2D eigenvalue weighted by molar-refractivity contribution is -0.140. The van der Waals surface area contributed by atoms with E-state index in [9.17, 15) is 14.7 Å². The summed E-state index contributed by atoms with van der Waals surface area (Å²) in [6.07, 6.45) is -0.0953. The molecule has 1 aromatic rings. The third-order valence-electron chi connectivity index (χ3n) is 3.00. The van der Waals surface area contributed by atoms with Crippen LogP contribution in [0.4, 0.5) is 0 Å². The average Bonchev–Trinajstić information content (AvgIpc) is 2.36. The van der Waals surface area contributed by atoms with E-state index in [0.717, 1.165) is 0 Å². The van der Waals surface area contributed by atoms with Gasteiger partial charge in [-0.2, -0.15) is 0 Å². The van der Waals surface area contributed by atoms with Crippen molar-refractivity contribution in [3.05, 3.63) is 17.2 Å². The van der Waals surface area contributed by atoms with Crippen LogP contribution in [0.5, 0.6) is 17.2 Å². The van der Waals surface area contributed by atoms with Crippen LogP contribution in [0, 0.1) is 6.92 Å². The van der Waals surface area contributed by atoms with Gasteiger partial charge >= 0.3 is 11.9 Å². The van der Waals surface area contributed by atoms with Gasteiger partial charge in [-0.1, -0.05) is 13.8 Å². The summed E-state index contributed by atoms with van der Waals surface area (Å²) in [5, 5.41) is 10.1. The number of ether oxygens (including phenoxy) is 2. The van der Waals surface area contributed by atoms with Gasteiger partial charge in [-0.15, -0.1) is 0 Å². The molecule has 102 valence electrons. The number of hydrogen-bond acceptors (Lipinski definition) is 5. The molecule has 1 aromatic carbocycles. The van der Waals surface area contributed by atoms with Crippen molar-refractivity contribution >= 4 is 11.9 Å². The van der Waals surface area contributed by atoms with E-state index >= 15 is 0 Å². The van der Waals surface area contributed by atoms with E-state index in [0.29, 0.717) is 16.9 Å². The molecular weight excluding hydrogens is 248 g/mol. The normalized spacial score (nSPS) is 15.4. The number of carbonyl (C=O) groups excluding carboxylic acids is 2. The van der Waals surface area contributed by atoms with Crippen molar-refractivity contribution in [2.45, 2.75) is 39.5 Å². The van der Waals surface area contributed by atoms with Gasteiger partial charge in [-0.25, -0.2) is 0 Å². The van der Waals surface area contributed by atoms with E-state index in [-0.39, 0.29) is 30.3 Å². The molecule has 2 bridgehead atoms. The van der Waals surface area contributed by atoms with E-state index in [1.54, 1.807) is 13.0 Å². The molecule has 0 saturated heterocycles. The minimum absolute atomic E-state index is 0.0331. The summed E-state index contributed by atoms with van der Waals surface area (Å²) >= 11 is 0. The van der Waals surface area contributed by atoms with Gasteiger partial charge in [0.2, 0.25) is 0 Å². The van der Waals surface area contributed by atoms with Crippen LogP contribution in [0.15, 0.2) is 6.07 Å². The van der Waals surface area contributed by atoms with Crippen LogP contribution < -0.4 is 9.47 Å². The molecule has 1 aliphatic rings. The number of fused-ring (bicyclic) bond motifs is 2. The minimum Gasteiger partial charge on any atom is -0.504 e.